The number of aryl methyl sites for hydroxylation is 1. The molecule has 0 atom stereocenters. The van der Waals surface area contributed by atoms with Gasteiger partial charge in [0.05, 0.1) is 19.1 Å². The van der Waals surface area contributed by atoms with E-state index in [-0.39, 0.29) is 29.1 Å². The molecule has 0 aliphatic heterocycles. The molecule has 0 aliphatic rings. The average Bonchev–Trinajstić information content (AvgIpc) is 2.47. The van der Waals surface area contributed by atoms with E-state index in [1.165, 1.54) is 13.3 Å². The highest BCUT2D eigenvalue weighted by atomic mass is 19.1. The van der Waals surface area contributed by atoms with Gasteiger partial charge in [0, 0.05) is 12.7 Å². The summed E-state index contributed by atoms with van der Waals surface area (Å²) in [5.74, 6) is -1.69. The molecule has 0 saturated heterocycles. The van der Waals surface area contributed by atoms with Crippen molar-refractivity contribution in [2.24, 2.45) is 0 Å². The lowest BCUT2D eigenvalue weighted by Gasteiger charge is -2.11. The minimum Gasteiger partial charge on any atom is -0.479 e. The van der Waals surface area contributed by atoms with Gasteiger partial charge in [0.2, 0.25) is 5.43 Å². The van der Waals surface area contributed by atoms with Gasteiger partial charge in [0.25, 0.3) is 5.88 Å². The summed E-state index contributed by atoms with van der Waals surface area (Å²) < 4.78 is 25.0. The Bertz CT molecular complexity index is 755. The number of aromatic nitrogens is 2. The quantitative estimate of drug-likeness (QED) is 0.803. The maximum atomic E-state index is 13.8. The molecule has 0 N–H and O–H groups in total. The molecule has 7 heteroatoms. The molecule has 112 valence electrons. The van der Waals surface area contributed by atoms with E-state index in [0.29, 0.717) is 6.54 Å². The third kappa shape index (κ3) is 2.58. The van der Waals surface area contributed by atoms with Gasteiger partial charge in [-0.05, 0) is 19.9 Å². The first-order valence-corrected chi connectivity index (χ1v) is 6.48. The topological polar surface area (TPSA) is 70.4 Å². The van der Waals surface area contributed by atoms with Gasteiger partial charge in [-0.2, -0.15) is 4.98 Å². The van der Waals surface area contributed by atoms with Gasteiger partial charge in [-0.25, -0.2) is 9.18 Å². The lowest BCUT2D eigenvalue weighted by Crippen LogP contribution is -2.21. The number of methoxy groups -OCH3 is 1. The fourth-order valence-electron chi connectivity index (χ4n) is 2.01. The molecule has 0 spiro atoms. The summed E-state index contributed by atoms with van der Waals surface area (Å²) in [5, 5.41) is 0.0145. The number of carbonyl (C=O) groups is 1. The summed E-state index contributed by atoms with van der Waals surface area (Å²) in [6.07, 6.45) is 1.37. The van der Waals surface area contributed by atoms with Crippen molar-refractivity contribution in [2.45, 2.75) is 20.4 Å². The third-order valence-corrected chi connectivity index (χ3v) is 3.00. The second kappa shape index (κ2) is 5.90. The van der Waals surface area contributed by atoms with Crippen LogP contribution in [0.2, 0.25) is 0 Å². The molecule has 6 nitrogen and oxygen atoms in total. The summed E-state index contributed by atoms with van der Waals surface area (Å²) in [6, 6.07) is 1.03. The van der Waals surface area contributed by atoms with E-state index in [2.05, 4.69) is 4.98 Å². The zero-order valence-electron chi connectivity index (χ0n) is 12.0. The second-order valence-corrected chi connectivity index (χ2v) is 4.23. The summed E-state index contributed by atoms with van der Waals surface area (Å²) in [7, 11) is 1.29. The Morgan fingerprint density at radius 2 is 2.14 bits per heavy atom. The van der Waals surface area contributed by atoms with Crippen molar-refractivity contribution in [3.8, 4) is 5.88 Å². The van der Waals surface area contributed by atoms with Gasteiger partial charge < -0.3 is 14.0 Å². The van der Waals surface area contributed by atoms with E-state index in [0.717, 1.165) is 6.07 Å². The van der Waals surface area contributed by atoms with Crippen molar-refractivity contribution in [3.63, 3.8) is 0 Å². The van der Waals surface area contributed by atoms with E-state index < -0.39 is 17.2 Å². The first-order valence-electron chi connectivity index (χ1n) is 6.48. The number of halogens is 1. The van der Waals surface area contributed by atoms with Crippen molar-refractivity contribution in [2.75, 3.05) is 13.7 Å². The zero-order valence-corrected chi connectivity index (χ0v) is 12.0. The highest BCUT2D eigenvalue weighted by Gasteiger charge is 2.19. The van der Waals surface area contributed by atoms with Crippen LogP contribution in [0.25, 0.3) is 11.0 Å². The molecule has 2 aromatic rings. The highest BCUT2D eigenvalue weighted by Crippen LogP contribution is 2.19. The van der Waals surface area contributed by atoms with E-state index in [4.69, 9.17) is 9.47 Å². The van der Waals surface area contributed by atoms with Crippen LogP contribution in [-0.4, -0.2) is 29.2 Å². The van der Waals surface area contributed by atoms with Gasteiger partial charge in [-0.3, -0.25) is 4.79 Å². The van der Waals surface area contributed by atoms with Crippen molar-refractivity contribution < 1.29 is 18.7 Å². The molecular formula is C14H15FN2O4. The van der Waals surface area contributed by atoms with Gasteiger partial charge in [0.15, 0.2) is 5.82 Å². The van der Waals surface area contributed by atoms with Gasteiger partial charge in [-0.15, -0.1) is 0 Å². The molecule has 21 heavy (non-hydrogen) atoms. The standard InChI is InChI=1S/C14H15FN2O4/c1-4-17-7-9(14(19)21-5-2)11(18)8-6-10(15)13(20-3)16-12(8)17/h6-7H,4-5H2,1-3H3. The van der Waals surface area contributed by atoms with Crippen LogP contribution in [0.1, 0.15) is 24.2 Å². The number of hydrogen-bond donors (Lipinski definition) is 0. The number of esters is 1. The fourth-order valence-corrected chi connectivity index (χ4v) is 2.01. The maximum absolute atomic E-state index is 13.8. The zero-order chi connectivity index (χ0) is 15.6. The van der Waals surface area contributed by atoms with E-state index in [1.807, 2.05) is 6.92 Å². The van der Waals surface area contributed by atoms with Gasteiger partial charge in [0.1, 0.15) is 11.2 Å². The number of carbonyl (C=O) groups excluding carboxylic acids is 1. The first kappa shape index (κ1) is 15.0. The number of pyridine rings is 2. The summed E-state index contributed by atoms with van der Waals surface area (Å²) >= 11 is 0. The molecule has 0 radical (unpaired) electrons. The van der Waals surface area contributed by atoms with Crippen molar-refractivity contribution in [1.82, 2.24) is 9.55 Å². The minimum absolute atomic E-state index is 0.0145. The largest absolute Gasteiger partial charge is 0.479 e. The molecule has 2 rings (SSSR count). The van der Waals surface area contributed by atoms with Crippen LogP contribution in [0.3, 0.4) is 0 Å². The van der Waals surface area contributed by atoms with Crippen LogP contribution < -0.4 is 10.2 Å². The Morgan fingerprint density at radius 3 is 2.71 bits per heavy atom. The van der Waals surface area contributed by atoms with Crippen LogP contribution in [0.4, 0.5) is 4.39 Å². The SMILES string of the molecule is CCOC(=O)c1cn(CC)c2nc(OC)c(F)cc2c1=O. The van der Waals surface area contributed by atoms with E-state index in [1.54, 1.807) is 11.5 Å². The number of nitrogens with zero attached hydrogens (tertiary/aromatic N) is 2. The Labute approximate surface area is 120 Å². The number of rotatable bonds is 4. The van der Waals surface area contributed by atoms with Crippen LogP contribution in [0, 0.1) is 5.82 Å². The van der Waals surface area contributed by atoms with Gasteiger partial charge in [-0.1, -0.05) is 0 Å². The molecule has 0 fully saturated rings. The third-order valence-electron chi connectivity index (χ3n) is 3.00. The molecule has 2 aromatic heterocycles. The van der Waals surface area contributed by atoms with Crippen LogP contribution >= 0.6 is 0 Å². The van der Waals surface area contributed by atoms with Crippen LogP contribution in [0.15, 0.2) is 17.1 Å². The van der Waals surface area contributed by atoms with Crippen molar-refractivity contribution in [1.29, 1.82) is 0 Å². The lowest BCUT2D eigenvalue weighted by molar-refractivity contribution is 0.0524. The first-order chi connectivity index (χ1) is 10.0. The normalized spacial score (nSPS) is 10.7. The maximum Gasteiger partial charge on any atom is 0.343 e. The molecule has 0 amide bonds. The van der Waals surface area contributed by atoms with Crippen LogP contribution in [-0.2, 0) is 11.3 Å². The molecular weight excluding hydrogens is 279 g/mol. The molecule has 0 aromatic carbocycles. The minimum atomic E-state index is -0.759. The Morgan fingerprint density at radius 1 is 1.43 bits per heavy atom. The predicted octanol–water partition coefficient (Wildman–Crippen LogP) is 1.74. The Hall–Kier alpha value is -2.44. The second-order valence-electron chi connectivity index (χ2n) is 4.23. The van der Waals surface area contributed by atoms with Crippen molar-refractivity contribution in [3.05, 3.63) is 33.9 Å². The van der Waals surface area contributed by atoms with E-state index in [9.17, 15) is 14.0 Å². The smallest absolute Gasteiger partial charge is 0.343 e. The molecule has 0 bridgehead atoms. The molecule has 0 unspecified atom stereocenters. The number of fused-ring (bicyclic) bond motifs is 1. The number of hydrogen-bond acceptors (Lipinski definition) is 5. The fraction of sp³-hybridized carbons (Fsp3) is 0.357. The molecule has 0 saturated carbocycles. The summed E-state index contributed by atoms with van der Waals surface area (Å²) in [4.78, 5) is 28.1. The average molecular weight is 294 g/mol. The monoisotopic (exact) mass is 294 g/mol. The molecule has 2 heterocycles. The lowest BCUT2D eigenvalue weighted by atomic mass is 10.2. The predicted molar refractivity (Wildman–Crippen MR) is 74.1 cm³/mol. The van der Waals surface area contributed by atoms with Gasteiger partial charge >= 0.3 is 5.97 Å². The summed E-state index contributed by atoms with van der Waals surface area (Å²) in [5.41, 5.74) is -0.492. The summed E-state index contributed by atoms with van der Waals surface area (Å²) in [6.45, 7) is 4.06. The van der Waals surface area contributed by atoms with Crippen LogP contribution in [0.5, 0.6) is 5.88 Å². The van der Waals surface area contributed by atoms with E-state index >= 15 is 0 Å². The number of ether oxygens (including phenoxy) is 2. The highest BCUT2D eigenvalue weighted by molar-refractivity contribution is 5.93. The Kier molecular flexibility index (Phi) is 4.21. The molecule has 0 aliphatic carbocycles. The Balaban J connectivity index is 2.80. The van der Waals surface area contributed by atoms with Crippen molar-refractivity contribution >= 4 is 17.0 Å².